The van der Waals surface area contributed by atoms with E-state index in [0.29, 0.717) is 34.6 Å². The molecule has 0 unspecified atom stereocenters. The van der Waals surface area contributed by atoms with Crippen molar-refractivity contribution in [2.24, 2.45) is 0 Å². The lowest BCUT2D eigenvalue weighted by Gasteiger charge is -2.06. The minimum absolute atomic E-state index is 0.303. The number of aromatic nitrogens is 4. The van der Waals surface area contributed by atoms with Crippen LogP contribution in [0.5, 0.6) is 0 Å². The van der Waals surface area contributed by atoms with Crippen LogP contribution >= 0.6 is 23.2 Å². The Bertz CT molecular complexity index is 851. The average Bonchev–Trinajstić information content (AvgIpc) is 3.20. The van der Waals surface area contributed by atoms with Gasteiger partial charge in [-0.1, -0.05) is 29.3 Å². The van der Waals surface area contributed by atoms with Crippen LogP contribution in [0.1, 0.15) is 23.0 Å². The number of halogens is 2. The van der Waals surface area contributed by atoms with Crippen LogP contribution in [0.15, 0.2) is 42.7 Å². The highest BCUT2D eigenvalue weighted by molar-refractivity contribution is 6.35. The third-order valence-corrected chi connectivity index (χ3v) is 4.17. The fourth-order valence-corrected chi connectivity index (χ4v) is 2.72. The zero-order chi connectivity index (χ0) is 17.1. The van der Waals surface area contributed by atoms with Crippen LogP contribution in [0.25, 0.3) is 0 Å². The van der Waals surface area contributed by atoms with Crippen LogP contribution in [0, 0.1) is 0 Å². The molecule has 0 fully saturated rings. The van der Waals surface area contributed by atoms with Crippen LogP contribution < -0.4 is 5.32 Å². The van der Waals surface area contributed by atoms with Crippen molar-refractivity contribution in [3.63, 3.8) is 0 Å². The van der Waals surface area contributed by atoms with Gasteiger partial charge in [0.05, 0.1) is 6.54 Å². The molecule has 24 heavy (non-hydrogen) atoms. The normalized spacial score (nSPS) is 10.8. The summed E-state index contributed by atoms with van der Waals surface area (Å²) in [6, 6.07) is 8.72. The molecular weight excluding hydrogens is 349 g/mol. The number of benzene rings is 1. The maximum atomic E-state index is 12.1. The first-order valence-electron chi connectivity index (χ1n) is 7.38. The van der Waals surface area contributed by atoms with Crippen molar-refractivity contribution in [3.8, 4) is 0 Å². The Hall–Kier alpha value is -2.31. The number of nitrogens with one attached hydrogen (secondary N) is 1. The van der Waals surface area contributed by atoms with Crippen LogP contribution in [-0.4, -0.2) is 25.5 Å². The summed E-state index contributed by atoms with van der Waals surface area (Å²) in [5.41, 5.74) is 1.13. The molecule has 1 N–H and O–H groups in total. The summed E-state index contributed by atoms with van der Waals surface area (Å²) in [6.07, 6.45) is 3.51. The van der Waals surface area contributed by atoms with Crippen LogP contribution in [0.2, 0.25) is 10.0 Å². The highest BCUT2D eigenvalue weighted by atomic mass is 35.5. The molecule has 124 valence electrons. The average molecular weight is 364 g/mol. The number of rotatable bonds is 5. The van der Waals surface area contributed by atoms with Crippen molar-refractivity contribution in [2.45, 2.75) is 20.0 Å². The van der Waals surface area contributed by atoms with E-state index in [4.69, 9.17) is 23.2 Å². The van der Waals surface area contributed by atoms with Gasteiger partial charge in [0, 0.05) is 40.6 Å². The Morgan fingerprint density at radius 2 is 1.79 bits per heavy atom. The number of amides is 1. The fraction of sp³-hybridized carbons (Fsp3) is 0.188. The number of aryl methyl sites for hydroxylation is 1. The van der Waals surface area contributed by atoms with Gasteiger partial charge in [-0.15, -0.1) is 0 Å². The summed E-state index contributed by atoms with van der Waals surface area (Å²) in [5.74, 6) is 0.137. The first kappa shape index (κ1) is 16.5. The lowest BCUT2D eigenvalue weighted by molar-refractivity contribution is 0.102. The topological polar surface area (TPSA) is 64.7 Å². The minimum atomic E-state index is -0.303. The minimum Gasteiger partial charge on any atom is -0.304 e. The van der Waals surface area contributed by atoms with E-state index in [1.54, 1.807) is 52.1 Å². The second-order valence-electron chi connectivity index (χ2n) is 5.11. The van der Waals surface area contributed by atoms with Crippen molar-refractivity contribution >= 4 is 34.9 Å². The van der Waals surface area contributed by atoms with Crippen molar-refractivity contribution in [3.05, 3.63) is 64.0 Å². The number of hydrogen-bond acceptors (Lipinski definition) is 3. The molecule has 0 radical (unpaired) electrons. The number of hydrogen-bond donors (Lipinski definition) is 1. The molecule has 2 heterocycles. The molecular formula is C16H15Cl2N5O. The monoisotopic (exact) mass is 363 g/mol. The number of anilines is 1. The van der Waals surface area contributed by atoms with Gasteiger partial charge in [-0.3, -0.25) is 14.2 Å². The quantitative estimate of drug-likeness (QED) is 0.751. The smallest absolute Gasteiger partial charge is 0.277 e. The van der Waals surface area contributed by atoms with Gasteiger partial charge in [0.2, 0.25) is 0 Å². The van der Waals surface area contributed by atoms with E-state index >= 15 is 0 Å². The molecule has 0 saturated heterocycles. The van der Waals surface area contributed by atoms with Crippen LogP contribution in [-0.2, 0) is 13.1 Å². The zero-order valence-corrected chi connectivity index (χ0v) is 14.4. The maximum absolute atomic E-state index is 12.1. The number of carbonyl (C=O) groups excluding carboxylic acids is 1. The fourth-order valence-electron chi connectivity index (χ4n) is 2.20. The summed E-state index contributed by atoms with van der Waals surface area (Å²) in [5, 5.41) is 12.3. The first-order chi connectivity index (χ1) is 11.6. The third-order valence-electron chi connectivity index (χ3n) is 3.46. The molecule has 0 saturated carbocycles. The van der Waals surface area contributed by atoms with Crippen molar-refractivity contribution in [1.82, 2.24) is 19.6 Å². The van der Waals surface area contributed by atoms with Gasteiger partial charge in [-0.05, 0) is 25.1 Å². The van der Waals surface area contributed by atoms with Crippen LogP contribution in [0.4, 0.5) is 5.82 Å². The Balaban J connectivity index is 1.70. The van der Waals surface area contributed by atoms with E-state index in [0.717, 1.165) is 5.56 Å². The Kier molecular flexibility index (Phi) is 4.87. The van der Waals surface area contributed by atoms with Gasteiger partial charge in [0.1, 0.15) is 0 Å². The molecule has 2 aromatic heterocycles. The first-order valence-corrected chi connectivity index (χ1v) is 8.13. The molecule has 6 nitrogen and oxygen atoms in total. The Labute approximate surface area is 149 Å². The molecule has 1 amide bonds. The maximum Gasteiger partial charge on any atom is 0.277 e. The lowest BCUT2D eigenvalue weighted by Crippen LogP contribution is -2.14. The van der Waals surface area contributed by atoms with Crippen molar-refractivity contribution in [1.29, 1.82) is 0 Å². The predicted octanol–water partition coefficient (Wildman–Crippen LogP) is 3.71. The molecule has 0 aliphatic heterocycles. The Morgan fingerprint density at radius 1 is 1.08 bits per heavy atom. The van der Waals surface area contributed by atoms with E-state index in [2.05, 4.69) is 15.5 Å². The van der Waals surface area contributed by atoms with Gasteiger partial charge >= 0.3 is 0 Å². The molecule has 0 bridgehead atoms. The zero-order valence-electron chi connectivity index (χ0n) is 12.9. The van der Waals surface area contributed by atoms with Crippen molar-refractivity contribution < 1.29 is 4.79 Å². The SMILES string of the molecule is CCn1ccc(C(=O)Nc2ccn(Cc3c(Cl)cccc3Cl)n2)n1. The van der Waals surface area contributed by atoms with E-state index in [1.807, 2.05) is 6.92 Å². The molecule has 0 aliphatic rings. The molecule has 0 spiro atoms. The predicted molar refractivity (Wildman–Crippen MR) is 93.6 cm³/mol. The molecule has 1 aromatic carbocycles. The van der Waals surface area contributed by atoms with Crippen LogP contribution in [0.3, 0.4) is 0 Å². The third kappa shape index (κ3) is 3.60. The molecule has 3 rings (SSSR count). The van der Waals surface area contributed by atoms with E-state index in [1.165, 1.54) is 0 Å². The van der Waals surface area contributed by atoms with E-state index in [9.17, 15) is 4.79 Å². The summed E-state index contributed by atoms with van der Waals surface area (Å²) >= 11 is 12.3. The number of carbonyl (C=O) groups is 1. The largest absolute Gasteiger partial charge is 0.304 e. The van der Waals surface area contributed by atoms with Gasteiger partial charge < -0.3 is 5.32 Å². The molecule has 0 atom stereocenters. The second kappa shape index (κ2) is 7.07. The van der Waals surface area contributed by atoms with Gasteiger partial charge in [-0.2, -0.15) is 10.2 Å². The number of nitrogens with zero attached hydrogens (tertiary/aromatic N) is 4. The summed E-state index contributed by atoms with van der Waals surface area (Å²) in [6.45, 7) is 3.08. The molecule has 3 aromatic rings. The van der Waals surface area contributed by atoms with Crippen molar-refractivity contribution in [2.75, 3.05) is 5.32 Å². The van der Waals surface area contributed by atoms with Gasteiger partial charge in [0.15, 0.2) is 11.5 Å². The molecule has 0 aliphatic carbocycles. The highest BCUT2D eigenvalue weighted by Gasteiger charge is 2.12. The highest BCUT2D eigenvalue weighted by Crippen LogP contribution is 2.25. The second-order valence-corrected chi connectivity index (χ2v) is 5.92. The molecule has 8 heteroatoms. The van der Waals surface area contributed by atoms with Gasteiger partial charge in [0.25, 0.3) is 5.91 Å². The van der Waals surface area contributed by atoms with E-state index in [-0.39, 0.29) is 5.91 Å². The van der Waals surface area contributed by atoms with E-state index < -0.39 is 0 Å². The summed E-state index contributed by atoms with van der Waals surface area (Å²) in [4.78, 5) is 12.1. The lowest BCUT2D eigenvalue weighted by atomic mass is 10.2. The summed E-state index contributed by atoms with van der Waals surface area (Å²) < 4.78 is 3.35. The standard InChI is InChI=1S/C16H15Cl2N5O/c1-2-22-8-6-14(20-22)16(24)19-15-7-9-23(21-15)10-11-12(17)4-3-5-13(11)18/h3-9H,2,10H2,1H3,(H,19,21,24). The Morgan fingerprint density at radius 3 is 2.46 bits per heavy atom. The van der Waals surface area contributed by atoms with Gasteiger partial charge in [-0.25, -0.2) is 0 Å². The summed E-state index contributed by atoms with van der Waals surface area (Å²) in [7, 11) is 0.